The highest BCUT2D eigenvalue weighted by Crippen LogP contribution is 2.27. The topological polar surface area (TPSA) is 75.5 Å². The van der Waals surface area contributed by atoms with Gasteiger partial charge in [-0.3, -0.25) is 14.9 Å². The molecule has 3 rings (SSSR count). The molecule has 0 saturated carbocycles. The van der Waals surface area contributed by atoms with Gasteiger partial charge in [0.25, 0.3) is 5.69 Å². The summed E-state index contributed by atoms with van der Waals surface area (Å²) in [4.78, 5) is 25.1. The van der Waals surface area contributed by atoms with Gasteiger partial charge in [0.2, 0.25) is 5.91 Å². The summed E-state index contributed by atoms with van der Waals surface area (Å²) in [7, 11) is 0. The Hall–Kier alpha value is -2.89. The van der Waals surface area contributed by atoms with Crippen molar-refractivity contribution in [3.8, 4) is 0 Å². The van der Waals surface area contributed by atoms with Crippen molar-refractivity contribution in [3.63, 3.8) is 0 Å². The molecule has 6 heteroatoms. The van der Waals surface area contributed by atoms with Crippen LogP contribution in [0.5, 0.6) is 0 Å². The minimum atomic E-state index is -0.435. The van der Waals surface area contributed by atoms with Crippen LogP contribution in [0.15, 0.2) is 42.5 Å². The third-order valence-corrected chi connectivity index (χ3v) is 4.59. The van der Waals surface area contributed by atoms with Crippen LogP contribution in [0, 0.1) is 17.0 Å². The number of anilines is 2. The van der Waals surface area contributed by atoms with E-state index in [0.29, 0.717) is 24.2 Å². The first-order valence-electron chi connectivity index (χ1n) is 8.43. The maximum atomic E-state index is 12.3. The van der Waals surface area contributed by atoms with E-state index in [4.69, 9.17) is 0 Å². The molecule has 1 amide bonds. The molecule has 0 atom stereocenters. The van der Waals surface area contributed by atoms with Crippen LogP contribution in [0.3, 0.4) is 0 Å². The number of amides is 1. The van der Waals surface area contributed by atoms with E-state index in [0.717, 1.165) is 19.4 Å². The van der Waals surface area contributed by atoms with E-state index >= 15 is 0 Å². The number of hydrogen-bond acceptors (Lipinski definition) is 4. The smallest absolute Gasteiger partial charge is 0.274 e. The quantitative estimate of drug-likeness (QED) is 0.666. The van der Waals surface area contributed by atoms with Gasteiger partial charge in [-0.2, -0.15) is 0 Å². The van der Waals surface area contributed by atoms with Gasteiger partial charge in [0.05, 0.1) is 16.2 Å². The Morgan fingerprint density at radius 1 is 1.24 bits per heavy atom. The van der Waals surface area contributed by atoms with Crippen molar-refractivity contribution in [2.24, 2.45) is 0 Å². The maximum Gasteiger partial charge on any atom is 0.274 e. The zero-order valence-corrected chi connectivity index (χ0v) is 14.2. The molecule has 2 aromatic carbocycles. The average Bonchev–Trinajstić information content (AvgIpc) is 2.61. The predicted molar refractivity (Wildman–Crippen MR) is 98.1 cm³/mol. The number of aryl methyl sites for hydroxylation is 1. The molecule has 2 aromatic rings. The van der Waals surface area contributed by atoms with Gasteiger partial charge in [-0.1, -0.05) is 24.3 Å². The molecule has 0 fully saturated rings. The molecule has 1 aliphatic heterocycles. The van der Waals surface area contributed by atoms with Gasteiger partial charge in [-0.25, -0.2) is 0 Å². The number of rotatable bonds is 5. The lowest BCUT2D eigenvalue weighted by Gasteiger charge is -2.31. The number of benzene rings is 2. The number of carbonyl (C=O) groups is 1. The van der Waals surface area contributed by atoms with Crippen molar-refractivity contribution >= 4 is 23.0 Å². The van der Waals surface area contributed by atoms with Crippen molar-refractivity contribution in [2.45, 2.75) is 26.2 Å². The molecule has 0 aromatic heterocycles. The summed E-state index contributed by atoms with van der Waals surface area (Å²) < 4.78 is 0. The van der Waals surface area contributed by atoms with Gasteiger partial charge in [0.1, 0.15) is 0 Å². The van der Waals surface area contributed by atoms with E-state index in [1.807, 2.05) is 12.1 Å². The molecule has 0 unspecified atom stereocenters. The highest BCUT2D eigenvalue weighted by atomic mass is 16.6. The number of nitro benzene ring substituents is 1. The first-order chi connectivity index (χ1) is 12.1. The van der Waals surface area contributed by atoms with Gasteiger partial charge >= 0.3 is 0 Å². The monoisotopic (exact) mass is 339 g/mol. The zero-order chi connectivity index (χ0) is 17.8. The van der Waals surface area contributed by atoms with Crippen molar-refractivity contribution in [1.29, 1.82) is 0 Å². The Kier molecular flexibility index (Phi) is 4.97. The lowest BCUT2D eigenvalue weighted by Crippen LogP contribution is -2.32. The summed E-state index contributed by atoms with van der Waals surface area (Å²) in [5.41, 5.74) is 3.52. The number of hydrogen-bond donors (Lipinski definition) is 1. The van der Waals surface area contributed by atoms with Crippen molar-refractivity contribution in [1.82, 2.24) is 0 Å². The molecule has 1 aliphatic rings. The molecule has 25 heavy (non-hydrogen) atoms. The third kappa shape index (κ3) is 3.79. The standard InChI is InChI=1S/C19H21N3O3/c1-14-16(8-4-10-17(14)22(24)25)20-19(23)11-13-21-12-5-7-15-6-2-3-9-18(15)21/h2-4,6,8-10H,5,7,11-13H2,1H3,(H,20,23). The van der Waals surface area contributed by atoms with Crippen molar-refractivity contribution < 1.29 is 9.72 Å². The SMILES string of the molecule is Cc1c(NC(=O)CCN2CCCc3ccccc32)cccc1[N+](=O)[O-]. The first-order valence-corrected chi connectivity index (χ1v) is 8.43. The van der Waals surface area contributed by atoms with Crippen LogP contribution >= 0.6 is 0 Å². The van der Waals surface area contributed by atoms with Crippen LogP contribution in [-0.4, -0.2) is 23.9 Å². The average molecular weight is 339 g/mol. The number of fused-ring (bicyclic) bond motifs is 1. The van der Waals surface area contributed by atoms with Crippen LogP contribution in [-0.2, 0) is 11.2 Å². The Labute approximate surface area is 146 Å². The Balaban J connectivity index is 1.63. The Morgan fingerprint density at radius 2 is 2.04 bits per heavy atom. The number of nitrogens with zero attached hydrogens (tertiary/aromatic N) is 2. The molecule has 1 N–H and O–H groups in total. The molecular weight excluding hydrogens is 318 g/mol. The Bertz CT molecular complexity index is 804. The van der Waals surface area contributed by atoms with Crippen LogP contribution in [0.2, 0.25) is 0 Å². The summed E-state index contributed by atoms with van der Waals surface area (Å²) in [6.07, 6.45) is 2.50. The van der Waals surface area contributed by atoms with E-state index < -0.39 is 4.92 Å². The van der Waals surface area contributed by atoms with E-state index in [9.17, 15) is 14.9 Å². The third-order valence-electron chi connectivity index (χ3n) is 4.59. The summed E-state index contributed by atoms with van der Waals surface area (Å²) in [6.45, 7) is 3.23. The predicted octanol–water partition coefficient (Wildman–Crippen LogP) is 3.68. The maximum absolute atomic E-state index is 12.3. The van der Waals surface area contributed by atoms with Gasteiger partial charge in [0.15, 0.2) is 0 Å². The molecule has 0 saturated heterocycles. The molecule has 0 bridgehead atoms. The van der Waals surface area contributed by atoms with Gasteiger partial charge in [0, 0.05) is 31.3 Å². The Morgan fingerprint density at radius 3 is 2.84 bits per heavy atom. The molecule has 130 valence electrons. The molecule has 6 nitrogen and oxygen atoms in total. The molecule has 1 heterocycles. The van der Waals surface area contributed by atoms with Gasteiger partial charge < -0.3 is 10.2 Å². The highest BCUT2D eigenvalue weighted by Gasteiger charge is 2.18. The molecular formula is C19H21N3O3. The van der Waals surface area contributed by atoms with E-state index in [2.05, 4.69) is 22.3 Å². The van der Waals surface area contributed by atoms with E-state index in [1.165, 1.54) is 17.3 Å². The summed E-state index contributed by atoms with van der Waals surface area (Å²) in [5.74, 6) is -0.133. The second kappa shape index (κ2) is 7.34. The molecule has 0 radical (unpaired) electrons. The number of carbonyl (C=O) groups excluding carboxylic acids is 1. The van der Waals surface area contributed by atoms with E-state index in [1.54, 1.807) is 19.1 Å². The normalized spacial score (nSPS) is 13.2. The second-order valence-electron chi connectivity index (χ2n) is 6.22. The van der Waals surface area contributed by atoms with Crippen LogP contribution < -0.4 is 10.2 Å². The fraction of sp³-hybridized carbons (Fsp3) is 0.316. The second-order valence-corrected chi connectivity index (χ2v) is 6.22. The highest BCUT2D eigenvalue weighted by molar-refractivity contribution is 5.92. The van der Waals surface area contributed by atoms with Crippen LogP contribution in [0.1, 0.15) is 24.0 Å². The van der Waals surface area contributed by atoms with Gasteiger partial charge in [-0.05, 0) is 37.5 Å². The lowest BCUT2D eigenvalue weighted by molar-refractivity contribution is -0.385. The van der Waals surface area contributed by atoms with Crippen molar-refractivity contribution in [3.05, 3.63) is 63.7 Å². The van der Waals surface area contributed by atoms with Gasteiger partial charge in [-0.15, -0.1) is 0 Å². The minimum absolute atomic E-state index is 0.0164. The minimum Gasteiger partial charge on any atom is -0.371 e. The first kappa shape index (κ1) is 17.0. The zero-order valence-electron chi connectivity index (χ0n) is 14.2. The van der Waals surface area contributed by atoms with Crippen LogP contribution in [0.4, 0.5) is 17.1 Å². The summed E-state index contributed by atoms with van der Waals surface area (Å²) in [6, 6.07) is 13.0. The summed E-state index contributed by atoms with van der Waals surface area (Å²) in [5, 5.41) is 13.8. The fourth-order valence-electron chi connectivity index (χ4n) is 3.25. The van der Waals surface area contributed by atoms with E-state index in [-0.39, 0.29) is 11.6 Å². The molecule has 0 spiro atoms. The van der Waals surface area contributed by atoms with Crippen molar-refractivity contribution in [2.75, 3.05) is 23.3 Å². The van der Waals surface area contributed by atoms with Crippen LogP contribution in [0.25, 0.3) is 0 Å². The number of nitro groups is 1. The lowest BCUT2D eigenvalue weighted by atomic mass is 10.0. The number of nitrogens with one attached hydrogen (secondary N) is 1. The largest absolute Gasteiger partial charge is 0.371 e. The fourth-order valence-corrected chi connectivity index (χ4v) is 3.25. The molecule has 0 aliphatic carbocycles. The number of para-hydroxylation sites is 1. The summed E-state index contributed by atoms with van der Waals surface area (Å²) >= 11 is 0.